The maximum Gasteiger partial charge on any atom is 0.0926 e. The predicted molar refractivity (Wildman–Crippen MR) is 114 cm³/mol. The van der Waals surface area contributed by atoms with Crippen molar-refractivity contribution in [1.82, 2.24) is 10.2 Å². The van der Waals surface area contributed by atoms with E-state index in [0.29, 0.717) is 5.92 Å². The number of aromatic nitrogens is 2. The second-order valence-corrected chi connectivity index (χ2v) is 8.04. The monoisotopic (exact) mass is 376 g/mol. The number of aryl methyl sites for hydroxylation is 1. The summed E-state index contributed by atoms with van der Waals surface area (Å²) < 4.78 is 5.46. The second kappa shape index (κ2) is 7.47. The molecular weight excluding hydrogens is 348 g/mol. The van der Waals surface area contributed by atoms with Crippen molar-refractivity contribution >= 4 is 22.3 Å². The Morgan fingerprint density at radius 3 is 2.21 bits per heavy atom. The van der Waals surface area contributed by atoms with Crippen molar-refractivity contribution in [2.45, 2.75) is 25.7 Å². The Morgan fingerprint density at radius 2 is 1.54 bits per heavy atom. The standard InChI is InChI=1S/C23H28N4O/c1-17-2-7-21-22(16-17)24-25-23(21)18-8-10-26(11-9-18)19-3-5-20(6-4-19)27-12-14-28-15-13-27/h2-7,16,18H,8-15H2,1H3,(H,24,25). The zero-order valence-electron chi connectivity index (χ0n) is 16.5. The van der Waals surface area contributed by atoms with E-state index in [1.165, 1.54) is 28.0 Å². The minimum atomic E-state index is 0.566. The summed E-state index contributed by atoms with van der Waals surface area (Å²) in [5, 5.41) is 9.15. The lowest BCUT2D eigenvalue weighted by Crippen LogP contribution is -2.36. The number of rotatable bonds is 3. The molecule has 0 unspecified atom stereocenters. The number of hydrogen-bond acceptors (Lipinski definition) is 4. The number of morpholine rings is 1. The quantitative estimate of drug-likeness (QED) is 0.748. The number of nitrogens with one attached hydrogen (secondary N) is 1. The van der Waals surface area contributed by atoms with Crippen LogP contribution in [0.1, 0.15) is 30.0 Å². The molecule has 146 valence electrons. The summed E-state index contributed by atoms with van der Waals surface area (Å²) in [7, 11) is 0. The van der Waals surface area contributed by atoms with Gasteiger partial charge in [0, 0.05) is 54.6 Å². The Kier molecular flexibility index (Phi) is 4.69. The third-order valence-electron chi connectivity index (χ3n) is 6.23. The topological polar surface area (TPSA) is 44.4 Å². The fourth-order valence-corrected chi connectivity index (χ4v) is 4.58. The third kappa shape index (κ3) is 3.35. The maximum absolute atomic E-state index is 5.46. The molecule has 3 aromatic rings. The van der Waals surface area contributed by atoms with Crippen molar-refractivity contribution in [2.24, 2.45) is 0 Å². The second-order valence-electron chi connectivity index (χ2n) is 8.04. The van der Waals surface area contributed by atoms with Gasteiger partial charge in [-0.25, -0.2) is 0 Å². The summed E-state index contributed by atoms with van der Waals surface area (Å²) in [6, 6.07) is 15.7. The van der Waals surface area contributed by atoms with Gasteiger partial charge >= 0.3 is 0 Å². The Morgan fingerprint density at radius 1 is 0.893 bits per heavy atom. The summed E-state index contributed by atoms with van der Waals surface area (Å²) in [6.45, 7) is 7.94. The van der Waals surface area contributed by atoms with Gasteiger partial charge in [0.1, 0.15) is 0 Å². The molecule has 1 aromatic heterocycles. The van der Waals surface area contributed by atoms with Crippen molar-refractivity contribution < 1.29 is 4.74 Å². The van der Waals surface area contributed by atoms with Gasteiger partial charge in [0.05, 0.1) is 18.7 Å². The number of hydrogen-bond donors (Lipinski definition) is 1. The lowest BCUT2D eigenvalue weighted by molar-refractivity contribution is 0.122. The van der Waals surface area contributed by atoms with E-state index in [9.17, 15) is 0 Å². The van der Waals surface area contributed by atoms with E-state index in [2.05, 4.69) is 69.4 Å². The predicted octanol–water partition coefficient (Wildman–Crippen LogP) is 4.09. The molecule has 0 saturated carbocycles. The molecule has 2 aliphatic rings. The van der Waals surface area contributed by atoms with Gasteiger partial charge in [-0.1, -0.05) is 12.1 Å². The smallest absolute Gasteiger partial charge is 0.0926 e. The molecule has 3 heterocycles. The first-order valence-electron chi connectivity index (χ1n) is 10.4. The number of fused-ring (bicyclic) bond motifs is 1. The molecular formula is C23H28N4O. The van der Waals surface area contributed by atoms with Crippen molar-refractivity contribution in [1.29, 1.82) is 0 Å². The van der Waals surface area contributed by atoms with Crippen LogP contribution in [0.15, 0.2) is 42.5 Å². The molecule has 2 aromatic carbocycles. The Labute approximate surface area is 166 Å². The summed E-state index contributed by atoms with van der Waals surface area (Å²) >= 11 is 0. The third-order valence-corrected chi connectivity index (χ3v) is 6.23. The van der Waals surface area contributed by atoms with Crippen LogP contribution in [0.4, 0.5) is 11.4 Å². The van der Waals surface area contributed by atoms with Crippen molar-refractivity contribution in [3.05, 3.63) is 53.7 Å². The van der Waals surface area contributed by atoms with E-state index in [1.54, 1.807) is 0 Å². The van der Waals surface area contributed by atoms with Gasteiger partial charge in [-0.2, -0.15) is 5.10 Å². The van der Waals surface area contributed by atoms with Gasteiger partial charge < -0.3 is 14.5 Å². The average molecular weight is 377 g/mol. The summed E-state index contributed by atoms with van der Waals surface area (Å²) in [5.41, 5.74) is 6.32. The molecule has 28 heavy (non-hydrogen) atoms. The zero-order chi connectivity index (χ0) is 18.9. The van der Waals surface area contributed by atoms with Crippen LogP contribution in [-0.2, 0) is 4.74 Å². The van der Waals surface area contributed by atoms with Crippen LogP contribution in [0.25, 0.3) is 10.9 Å². The highest BCUT2D eigenvalue weighted by atomic mass is 16.5. The minimum Gasteiger partial charge on any atom is -0.378 e. The number of piperidine rings is 1. The van der Waals surface area contributed by atoms with Crippen LogP contribution in [0.5, 0.6) is 0 Å². The van der Waals surface area contributed by atoms with Gasteiger partial charge in [-0.15, -0.1) is 0 Å². The minimum absolute atomic E-state index is 0.566. The van der Waals surface area contributed by atoms with E-state index < -0.39 is 0 Å². The maximum atomic E-state index is 5.46. The van der Waals surface area contributed by atoms with Gasteiger partial charge in [-0.05, 0) is 55.7 Å². The normalized spacial score (nSPS) is 18.8. The molecule has 0 spiro atoms. The molecule has 2 aliphatic heterocycles. The zero-order valence-corrected chi connectivity index (χ0v) is 16.5. The van der Waals surface area contributed by atoms with E-state index in [0.717, 1.165) is 57.8 Å². The number of benzene rings is 2. The Hall–Kier alpha value is -2.53. The van der Waals surface area contributed by atoms with Crippen LogP contribution in [-0.4, -0.2) is 49.6 Å². The molecule has 0 radical (unpaired) electrons. The van der Waals surface area contributed by atoms with Gasteiger partial charge in [-0.3, -0.25) is 5.10 Å². The molecule has 5 rings (SSSR count). The summed E-state index contributed by atoms with van der Waals surface area (Å²) in [6.07, 6.45) is 2.33. The van der Waals surface area contributed by atoms with E-state index in [1.807, 2.05) is 0 Å². The molecule has 2 saturated heterocycles. The molecule has 1 N–H and O–H groups in total. The molecule has 5 heteroatoms. The largest absolute Gasteiger partial charge is 0.378 e. The van der Waals surface area contributed by atoms with E-state index >= 15 is 0 Å². The lowest BCUT2D eigenvalue weighted by Gasteiger charge is -2.34. The first-order valence-corrected chi connectivity index (χ1v) is 10.4. The molecule has 0 bridgehead atoms. The highest BCUT2D eigenvalue weighted by molar-refractivity contribution is 5.82. The summed E-state index contributed by atoms with van der Waals surface area (Å²) in [4.78, 5) is 4.92. The van der Waals surface area contributed by atoms with Gasteiger partial charge in [0.25, 0.3) is 0 Å². The molecule has 0 atom stereocenters. The van der Waals surface area contributed by atoms with E-state index in [4.69, 9.17) is 4.74 Å². The first kappa shape index (κ1) is 17.6. The Bertz CT molecular complexity index is 935. The Balaban J connectivity index is 1.25. The van der Waals surface area contributed by atoms with Crippen LogP contribution >= 0.6 is 0 Å². The number of H-pyrrole nitrogens is 1. The summed E-state index contributed by atoms with van der Waals surface area (Å²) in [5.74, 6) is 0.566. The van der Waals surface area contributed by atoms with Gasteiger partial charge in [0.2, 0.25) is 0 Å². The van der Waals surface area contributed by atoms with Crippen LogP contribution in [0.2, 0.25) is 0 Å². The molecule has 2 fully saturated rings. The van der Waals surface area contributed by atoms with Crippen LogP contribution < -0.4 is 9.80 Å². The molecule has 0 aliphatic carbocycles. The highest BCUT2D eigenvalue weighted by Gasteiger charge is 2.24. The van der Waals surface area contributed by atoms with Gasteiger partial charge in [0.15, 0.2) is 0 Å². The fourth-order valence-electron chi connectivity index (χ4n) is 4.58. The lowest BCUT2D eigenvalue weighted by atomic mass is 9.91. The fraction of sp³-hybridized carbons (Fsp3) is 0.435. The number of aromatic amines is 1. The SMILES string of the molecule is Cc1ccc2c(C3CCN(c4ccc(N5CCOCC5)cc4)CC3)[nH]nc2c1. The van der Waals surface area contributed by atoms with Crippen molar-refractivity contribution in [2.75, 3.05) is 49.2 Å². The molecule has 5 nitrogen and oxygen atoms in total. The van der Waals surface area contributed by atoms with E-state index in [-0.39, 0.29) is 0 Å². The van der Waals surface area contributed by atoms with Crippen LogP contribution in [0, 0.1) is 6.92 Å². The van der Waals surface area contributed by atoms with Crippen molar-refractivity contribution in [3.63, 3.8) is 0 Å². The number of nitrogens with zero attached hydrogens (tertiary/aromatic N) is 3. The van der Waals surface area contributed by atoms with Crippen molar-refractivity contribution in [3.8, 4) is 0 Å². The van der Waals surface area contributed by atoms with Crippen LogP contribution in [0.3, 0.4) is 0 Å². The molecule has 0 amide bonds. The average Bonchev–Trinajstić information content (AvgIpc) is 3.18. The number of ether oxygens (including phenoxy) is 1. The number of anilines is 2. The first-order chi connectivity index (χ1) is 13.8. The highest BCUT2D eigenvalue weighted by Crippen LogP contribution is 2.33.